The highest BCUT2D eigenvalue weighted by atomic mass is 16.7. The Hall–Kier alpha value is -4.12. The summed E-state index contributed by atoms with van der Waals surface area (Å²) >= 11 is 0. The summed E-state index contributed by atoms with van der Waals surface area (Å²) in [6.45, 7) is 10.4. The van der Waals surface area contributed by atoms with Crippen molar-refractivity contribution in [2.75, 3.05) is 33.8 Å². The van der Waals surface area contributed by atoms with Crippen LogP contribution in [0.3, 0.4) is 0 Å². The fourth-order valence-corrected chi connectivity index (χ4v) is 8.47. The minimum Gasteiger partial charge on any atom is -0.462 e. The van der Waals surface area contributed by atoms with Crippen molar-refractivity contribution < 1.29 is 44.2 Å². The highest BCUT2D eigenvalue weighted by Gasteiger charge is 2.47. The molecule has 334 valence electrons. The Morgan fingerprint density at radius 1 is 0.934 bits per heavy atom. The van der Waals surface area contributed by atoms with E-state index in [0.717, 1.165) is 28.0 Å². The molecule has 0 amide bonds. The van der Waals surface area contributed by atoms with Crippen LogP contribution in [0.15, 0.2) is 84.6 Å². The summed E-state index contributed by atoms with van der Waals surface area (Å²) in [6, 6.07) is 17.7. The van der Waals surface area contributed by atoms with Gasteiger partial charge in [-0.15, -0.1) is 5.10 Å². The van der Waals surface area contributed by atoms with Crippen molar-refractivity contribution in [1.29, 1.82) is 0 Å². The molecule has 61 heavy (non-hydrogen) atoms. The number of benzene rings is 2. The molecule has 2 aromatic carbocycles. The number of likely N-dealkylation sites (N-methyl/N-ethyl adjacent to an activating group) is 1. The minimum atomic E-state index is -1.25. The number of nitrogens with zero attached hydrogens (tertiary/aromatic N) is 4. The Bertz CT molecular complexity index is 1890. The maximum Gasteiger partial charge on any atom is 0.308 e. The third-order valence-corrected chi connectivity index (χ3v) is 12.2. The van der Waals surface area contributed by atoms with Crippen LogP contribution in [0.2, 0.25) is 0 Å². The highest BCUT2D eigenvalue weighted by molar-refractivity contribution is 5.91. The number of aliphatic hydroxyl groups excluding tert-OH is 4. The molecule has 2 unspecified atom stereocenters. The second kappa shape index (κ2) is 22.8. The fraction of sp³-hybridized carbons (Fsp3) is 0.574. The van der Waals surface area contributed by atoms with E-state index in [2.05, 4.69) is 39.9 Å². The van der Waals surface area contributed by atoms with E-state index in [4.69, 9.17) is 14.2 Å². The van der Waals surface area contributed by atoms with E-state index in [0.29, 0.717) is 38.9 Å². The number of aromatic nitrogens is 3. The van der Waals surface area contributed by atoms with Gasteiger partial charge >= 0.3 is 5.97 Å². The molecule has 3 heterocycles. The first-order chi connectivity index (χ1) is 29.2. The predicted octanol–water partition coefficient (Wildman–Crippen LogP) is 4.42. The van der Waals surface area contributed by atoms with Gasteiger partial charge in [0, 0.05) is 29.9 Å². The molecule has 0 saturated carbocycles. The maximum absolute atomic E-state index is 13.7. The van der Waals surface area contributed by atoms with Gasteiger partial charge in [-0.05, 0) is 76.9 Å². The molecule has 0 bridgehead atoms. The Balaban J connectivity index is 1.35. The standard InChI is InChI=1S/C47H67N5O9/c1-8-41-37(28-53)24-29(2)14-19-39(54)30(3)25-36(46(31(4)40(55)26-42(56)60-41)61-47-45(58)43(51(6)7)44(57)32(5)59-47)20-21-48-22-23-52-27-38(49-50-52)35-17-15-34(16-18-35)33-12-10-9-11-13-33/h9-19,24,27,30-32,36-37,40-41,43-48,53,55,57-58H,8,20-23,25-26,28H2,1-7H3/b19-14+,29-24+/t30-,31+,32-,36+,37-,40-,41-,43?,44-,45?,46-,47+/m1/s1. The van der Waals surface area contributed by atoms with E-state index in [1.165, 1.54) is 6.08 Å². The van der Waals surface area contributed by atoms with Crippen LogP contribution in [-0.2, 0) is 30.3 Å². The number of carbonyl (C=O) groups is 2. The van der Waals surface area contributed by atoms with Crippen molar-refractivity contribution in [3.63, 3.8) is 0 Å². The Morgan fingerprint density at radius 3 is 2.30 bits per heavy atom. The highest BCUT2D eigenvalue weighted by Crippen LogP contribution is 2.35. The van der Waals surface area contributed by atoms with E-state index in [1.54, 1.807) is 49.7 Å². The van der Waals surface area contributed by atoms with Gasteiger partial charge in [0.25, 0.3) is 0 Å². The van der Waals surface area contributed by atoms with Crippen molar-refractivity contribution in [3.05, 3.63) is 84.6 Å². The average molecular weight is 846 g/mol. The van der Waals surface area contributed by atoms with Crippen molar-refractivity contribution in [3.8, 4) is 22.4 Å². The van der Waals surface area contributed by atoms with Gasteiger partial charge in [0.2, 0.25) is 0 Å². The molecule has 0 radical (unpaired) electrons. The second-order valence-electron chi connectivity index (χ2n) is 17.1. The molecular weight excluding hydrogens is 779 g/mol. The lowest BCUT2D eigenvalue weighted by molar-refractivity contribution is -0.304. The first-order valence-corrected chi connectivity index (χ1v) is 21.7. The zero-order valence-electron chi connectivity index (χ0n) is 36.7. The number of nitrogens with one attached hydrogen (secondary N) is 1. The Labute approximate surface area is 360 Å². The number of ketones is 1. The van der Waals surface area contributed by atoms with Crippen molar-refractivity contribution in [1.82, 2.24) is 25.2 Å². The average Bonchev–Trinajstić information content (AvgIpc) is 3.73. The first kappa shape index (κ1) is 47.9. The summed E-state index contributed by atoms with van der Waals surface area (Å²) in [4.78, 5) is 28.8. The number of carbonyl (C=O) groups excluding carboxylic acids is 2. The normalized spacial score (nSPS) is 32.3. The third kappa shape index (κ3) is 13.0. The largest absolute Gasteiger partial charge is 0.462 e. The number of hydrogen-bond acceptors (Lipinski definition) is 13. The molecule has 5 rings (SSSR count). The number of aliphatic hydroxyl groups is 4. The quantitative estimate of drug-likeness (QED) is 0.120. The fourth-order valence-electron chi connectivity index (χ4n) is 8.47. The Morgan fingerprint density at radius 2 is 1.62 bits per heavy atom. The summed E-state index contributed by atoms with van der Waals surface area (Å²) in [5, 5.41) is 56.6. The molecule has 0 spiro atoms. The zero-order chi connectivity index (χ0) is 44.2. The topological polar surface area (TPSA) is 189 Å². The molecule has 1 aromatic heterocycles. The van der Waals surface area contributed by atoms with Crippen LogP contribution < -0.4 is 5.32 Å². The summed E-state index contributed by atoms with van der Waals surface area (Å²) in [5.74, 6) is -2.72. The predicted molar refractivity (Wildman–Crippen MR) is 233 cm³/mol. The number of ether oxygens (including phenoxy) is 3. The smallest absolute Gasteiger partial charge is 0.308 e. The zero-order valence-corrected chi connectivity index (χ0v) is 36.7. The number of allylic oxidation sites excluding steroid dienone is 3. The molecule has 1 fully saturated rings. The van der Waals surface area contributed by atoms with Crippen LogP contribution in [0, 0.1) is 23.7 Å². The van der Waals surface area contributed by atoms with Gasteiger partial charge in [0.05, 0.1) is 56.2 Å². The molecule has 5 N–H and O–H groups in total. The third-order valence-electron chi connectivity index (χ3n) is 12.2. The molecule has 14 nitrogen and oxygen atoms in total. The number of esters is 1. The van der Waals surface area contributed by atoms with Gasteiger partial charge in [-0.25, -0.2) is 0 Å². The van der Waals surface area contributed by atoms with E-state index in [-0.39, 0.29) is 24.7 Å². The minimum absolute atomic E-state index is 0.0983. The van der Waals surface area contributed by atoms with Crippen molar-refractivity contribution in [2.45, 2.75) is 116 Å². The lowest BCUT2D eigenvalue weighted by Crippen LogP contribution is -2.63. The molecule has 12 atom stereocenters. The summed E-state index contributed by atoms with van der Waals surface area (Å²) in [5.41, 5.74) is 4.74. The van der Waals surface area contributed by atoms with Crippen molar-refractivity contribution >= 4 is 11.8 Å². The van der Waals surface area contributed by atoms with E-state index in [1.807, 2.05) is 57.3 Å². The molecule has 1 saturated heterocycles. The van der Waals surface area contributed by atoms with Crippen LogP contribution in [0.4, 0.5) is 0 Å². The summed E-state index contributed by atoms with van der Waals surface area (Å²) in [6.07, 6.45) is 1.18. The van der Waals surface area contributed by atoms with Gasteiger partial charge in [-0.3, -0.25) is 14.3 Å². The van der Waals surface area contributed by atoms with Crippen LogP contribution in [0.25, 0.3) is 22.4 Å². The molecule has 0 aliphatic carbocycles. The van der Waals surface area contributed by atoms with Gasteiger partial charge in [0.15, 0.2) is 12.1 Å². The van der Waals surface area contributed by atoms with Gasteiger partial charge in [-0.2, -0.15) is 0 Å². The van der Waals surface area contributed by atoms with Crippen LogP contribution in [0.5, 0.6) is 0 Å². The lowest BCUT2D eigenvalue weighted by atomic mass is 9.79. The van der Waals surface area contributed by atoms with E-state index in [9.17, 15) is 30.0 Å². The molecule has 2 aliphatic rings. The summed E-state index contributed by atoms with van der Waals surface area (Å²) < 4.78 is 20.4. The number of hydrogen-bond donors (Lipinski definition) is 5. The monoisotopic (exact) mass is 845 g/mol. The van der Waals surface area contributed by atoms with Gasteiger partial charge in [-0.1, -0.05) is 98.3 Å². The van der Waals surface area contributed by atoms with Crippen LogP contribution >= 0.6 is 0 Å². The molecule has 2 aliphatic heterocycles. The first-order valence-electron chi connectivity index (χ1n) is 21.7. The molecular formula is C47H67N5O9. The van der Waals surface area contributed by atoms with E-state index < -0.39 is 72.7 Å². The molecule has 3 aromatic rings. The van der Waals surface area contributed by atoms with Gasteiger partial charge < -0.3 is 44.9 Å². The van der Waals surface area contributed by atoms with E-state index >= 15 is 0 Å². The Kier molecular flexibility index (Phi) is 17.9. The van der Waals surface area contributed by atoms with Crippen LogP contribution in [-0.4, -0.2) is 135 Å². The van der Waals surface area contributed by atoms with Crippen molar-refractivity contribution in [2.24, 2.45) is 23.7 Å². The summed E-state index contributed by atoms with van der Waals surface area (Å²) in [7, 11) is 3.52. The maximum atomic E-state index is 13.7. The number of rotatable bonds is 13. The van der Waals surface area contributed by atoms with Crippen LogP contribution in [0.1, 0.15) is 60.3 Å². The lowest BCUT2D eigenvalue weighted by Gasteiger charge is -2.46. The second-order valence-corrected chi connectivity index (χ2v) is 17.1. The number of cyclic esters (lactones) is 1. The SMILES string of the molecule is CC[C@H]1OC(=O)C[C@@H](O)[C@H](C)[C@@H](O[C@@H]2O[C@H](C)[C@@H](O)C(N(C)C)C2O)[C@@H](CCNCCn2cc(-c3ccc(-c4ccccc4)cc3)nn2)C[C@@H](C)C(=O)/C=C/C(C)=C/[C@@H]1CO. The van der Waals surface area contributed by atoms with Gasteiger partial charge in [0.1, 0.15) is 17.9 Å². The molecule has 14 heteroatoms.